The molecule has 0 fully saturated rings. The van der Waals surface area contributed by atoms with Crippen molar-refractivity contribution in [2.45, 2.75) is 13.3 Å². The fourth-order valence-electron chi connectivity index (χ4n) is 1.42. The number of benzene rings is 1. The Balaban J connectivity index is 2.28. The SMILES string of the molecule is CCC(=O)NC1=Cc2ccccc2NN=C1. The van der Waals surface area contributed by atoms with Gasteiger partial charge in [-0.15, -0.1) is 0 Å². The van der Waals surface area contributed by atoms with Gasteiger partial charge in [0.05, 0.1) is 17.6 Å². The Morgan fingerprint density at radius 3 is 3.06 bits per heavy atom. The normalized spacial score (nSPS) is 13.2. The Kier molecular flexibility index (Phi) is 3.00. The molecule has 0 unspecified atom stereocenters. The molecule has 0 atom stereocenters. The number of anilines is 1. The van der Waals surface area contributed by atoms with Crippen molar-refractivity contribution in [2.24, 2.45) is 5.10 Å². The highest BCUT2D eigenvalue weighted by atomic mass is 16.1. The molecule has 0 aromatic heterocycles. The molecule has 82 valence electrons. The Morgan fingerprint density at radius 1 is 1.44 bits per heavy atom. The van der Waals surface area contributed by atoms with Crippen LogP contribution in [0.15, 0.2) is 35.1 Å². The summed E-state index contributed by atoms with van der Waals surface area (Å²) in [6.45, 7) is 1.82. The zero-order valence-corrected chi connectivity index (χ0v) is 9.03. The van der Waals surface area contributed by atoms with Gasteiger partial charge < -0.3 is 5.32 Å². The van der Waals surface area contributed by atoms with E-state index in [0.717, 1.165) is 11.3 Å². The minimum Gasteiger partial charge on any atom is -0.325 e. The van der Waals surface area contributed by atoms with Gasteiger partial charge in [-0.3, -0.25) is 10.2 Å². The molecule has 4 nitrogen and oxygen atoms in total. The lowest BCUT2D eigenvalue weighted by Gasteiger charge is -2.03. The molecular formula is C12H13N3O. The second-order valence-corrected chi connectivity index (χ2v) is 3.46. The number of nitrogens with one attached hydrogen (secondary N) is 2. The number of allylic oxidation sites excluding steroid dienone is 1. The molecule has 16 heavy (non-hydrogen) atoms. The molecule has 2 rings (SSSR count). The average molecular weight is 215 g/mol. The van der Waals surface area contributed by atoms with Crippen LogP contribution in [0.4, 0.5) is 5.69 Å². The summed E-state index contributed by atoms with van der Waals surface area (Å²) in [5.41, 5.74) is 5.55. The monoisotopic (exact) mass is 215 g/mol. The van der Waals surface area contributed by atoms with Crippen LogP contribution in [-0.4, -0.2) is 12.1 Å². The van der Waals surface area contributed by atoms with E-state index in [2.05, 4.69) is 15.8 Å². The third-order valence-corrected chi connectivity index (χ3v) is 2.27. The third-order valence-electron chi connectivity index (χ3n) is 2.27. The molecule has 2 N–H and O–H groups in total. The standard InChI is InChI=1S/C12H13N3O/c1-2-12(16)14-10-7-9-5-3-4-6-11(9)15-13-8-10/h3-8,15H,2H2,1H3,(H,14,16). The highest BCUT2D eigenvalue weighted by molar-refractivity contribution is 5.94. The van der Waals surface area contributed by atoms with Crippen molar-refractivity contribution in [3.63, 3.8) is 0 Å². The molecule has 1 aromatic rings. The molecule has 1 aliphatic heterocycles. The smallest absolute Gasteiger partial charge is 0.224 e. The summed E-state index contributed by atoms with van der Waals surface area (Å²) < 4.78 is 0. The molecule has 1 aliphatic rings. The first-order valence-electron chi connectivity index (χ1n) is 5.19. The molecular weight excluding hydrogens is 202 g/mol. The minimum absolute atomic E-state index is 0.0166. The lowest BCUT2D eigenvalue weighted by atomic mass is 10.1. The predicted molar refractivity (Wildman–Crippen MR) is 65.0 cm³/mol. The first kappa shape index (κ1) is 10.4. The van der Waals surface area contributed by atoms with Crippen LogP contribution in [0.5, 0.6) is 0 Å². The first-order valence-corrected chi connectivity index (χ1v) is 5.19. The largest absolute Gasteiger partial charge is 0.325 e. The van der Waals surface area contributed by atoms with Gasteiger partial charge in [0, 0.05) is 12.0 Å². The molecule has 0 spiro atoms. The maximum absolute atomic E-state index is 11.3. The van der Waals surface area contributed by atoms with E-state index < -0.39 is 0 Å². The Labute approximate surface area is 94.1 Å². The maximum atomic E-state index is 11.3. The van der Waals surface area contributed by atoms with Crippen LogP contribution in [0.2, 0.25) is 0 Å². The quantitative estimate of drug-likeness (QED) is 0.792. The van der Waals surface area contributed by atoms with Crippen molar-refractivity contribution in [1.82, 2.24) is 5.32 Å². The van der Waals surface area contributed by atoms with Crippen LogP contribution in [0, 0.1) is 0 Å². The molecule has 4 heteroatoms. The van der Waals surface area contributed by atoms with Crippen LogP contribution in [-0.2, 0) is 4.79 Å². The van der Waals surface area contributed by atoms with Crippen molar-refractivity contribution in [1.29, 1.82) is 0 Å². The van der Waals surface area contributed by atoms with Gasteiger partial charge >= 0.3 is 0 Å². The number of amides is 1. The molecule has 1 heterocycles. The van der Waals surface area contributed by atoms with Gasteiger partial charge in [0.2, 0.25) is 5.91 Å². The number of nitrogens with zero attached hydrogens (tertiary/aromatic N) is 1. The summed E-state index contributed by atoms with van der Waals surface area (Å²) in [7, 11) is 0. The van der Waals surface area contributed by atoms with Crippen LogP contribution in [0.1, 0.15) is 18.9 Å². The average Bonchev–Trinajstić information content (AvgIpc) is 2.50. The van der Waals surface area contributed by atoms with E-state index in [1.54, 1.807) is 6.21 Å². The molecule has 0 bridgehead atoms. The van der Waals surface area contributed by atoms with E-state index >= 15 is 0 Å². The number of carbonyl (C=O) groups is 1. The van der Waals surface area contributed by atoms with Crippen LogP contribution in [0.3, 0.4) is 0 Å². The predicted octanol–water partition coefficient (Wildman–Crippen LogP) is 1.96. The topological polar surface area (TPSA) is 53.5 Å². The lowest BCUT2D eigenvalue weighted by Crippen LogP contribution is -2.22. The van der Waals surface area contributed by atoms with Crippen LogP contribution in [0.25, 0.3) is 6.08 Å². The number of rotatable bonds is 2. The van der Waals surface area contributed by atoms with Gasteiger partial charge in [-0.2, -0.15) is 5.10 Å². The zero-order valence-electron chi connectivity index (χ0n) is 9.03. The molecule has 0 saturated heterocycles. The van der Waals surface area contributed by atoms with Crippen LogP contribution >= 0.6 is 0 Å². The second-order valence-electron chi connectivity index (χ2n) is 3.46. The van der Waals surface area contributed by atoms with E-state index in [9.17, 15) is 4.79 Å². The van der Waals surface area contributed by atoms with Crippen molar-refractivity contribution < 1.29 is 4.79 Å². The summed E-state index contributed by atoms with van der Waals surface area (Å²) in [5.74, 6) is -0.0166. The van der Waals surface area contributed by atoms with Crippen molar-refractivity contribution in [2.75, 3.05) is 5.43 Å². The fraction of sp³-hybridized carbons (Fsp3) is 0.167. The summed E-state index contributed by atoms with van der Waals surface area (Å²) in [6, 6.07) is 7.79. The Hall–Kier alpha value is -2.10. The van der Waals surface area contributed by atoms with Gasteiger partial charge in [-0.25, -0.2) is 0 Å². The third kappa shape index (κ3) is 2.28. The van der Waals surface area contributed by atoms with Gasteiger partial charge in [0.25, 0.3) is 0 Å². The fourth-order valence-corrected chi connectivity index (χ4v) is 1.42. The molecule has 0 saturated carbocycles. The van der Waals surface area contributed by atoms with E-state index in [1.807, 2.05) is 37.3 Å². The molecule has 1 aromatic carbocycles. The van der Waals surface area contributed by atoms with Crippen molar-refractivity contribution in [3.05, 3.63) is 35.5 Å². The van der Waals surface area contributed by atoms with Crippen molar-refractivity contribution in [3.8, 4) is 0 Å². The number of carbonyl (C=O) groups excluding carboxylic acids is 1. The number of hydrogen-bond donors (Lipinski definition) is 2. The summed E-state index contributed by atoms with van der Waals surface area (Å²) in [4.78, 5) is 11.3. The zero-order chi connectivity index (χ0) is 11.4. The van der Waals surface area contributed by atoms with E-state index in [0.29, 0.717) is 12.1 Å². The van der Waals surface area contributed by atoms with Gasteiger partial charge in [-0.05, 0) is 12.1 Å². The van der Waals surface area contributed by atoms with Crippen molar-refractivity contribution >= 4 is 23.9 Å². The minimum atomic E-state index is -0.0166. The number of para-hydroxylation sites is 1. The number of hydrazone groups is 1. The van der Waals surface area contributed by atoms with Gasteiger partial charge in [0.1, 0.15) is 0 Å². The highest BCUT2D eigenvalue weighted by Gasteiger charge is 2.05. The highest BCUT2D eigenvalue weighted by Crippen LogP contribution is 2.19. The van der Waals surface area contributed by atoms with E-state index in [4.69, 9.17) is 0 Å². The second kappa shape index (κ2) is 4.61. The summed E-state index contributed by atoms with van der Waals surface area (Å²) in [5, 5.41) is 6.81. The maximum Gasteiger partial charge on any atom is 0.224 e. The summed E-state index contributed by atoms with van der Waals surface area (Å²) in [6.07, 6.45) is 3.96. The van der Waals surface area contributed by atoms with Crippen LogP contribution < -0.4 is 10.7 Å². The molecule has 0 aliphatic carbocycles. The van der Waals surface area contributed by atoms with Gasteiger partial charge in [-0.1, -0.05) is 25.1 Å². The number of hydrogen-bond acceptors (Lipinski definition) is 3. The van der Waals surface area contributed by atoms with E-state index in [1.165, 1.54) is 0 Å². The first-order chi connectivity index (χ1) is 7.79. The number of fused-ring (bicyclic) bond motifs is 1. The lowest BCUT2D eigenvalue weighted by molar-refractivity contribution is -0.119. The van der Waals surface area contributed by atoms with E-state index in [-0.39, 0.29) is 5.91 Å². The Bertz CT molecular complexity index is 463. The summed E-state index contributed by atoms with van der Waals surface area (Å²) >= 11 is 0. The molecule has 1 amide bonds. The van der Waals surface area contributed by atoms with Gasteiger partial charge in [0.15, 0.2) is 0 Å². The molecule has 0 radical (unpaired) electrons. The Morgan fingerprint density at radius 2 is 2.25 bits per heavy atom.